The van der Waals surface area contributed by atoms with Gasteiger partial charge < -0.3 is 19.9 Å². The van der Waals surface area contributed by atoms with Gasteiger partial charge in [0.15, 0.2) is 0 Å². The summed E-state index contributed by atoms with van der Waals surface area (Å²) in [7, 11) is 1.53. The summed E-state index contributed by atoms with van der Waals surface area (Å²) >= 11 is 0. The zero-order valence-electron chi connectivity index (χ0n) is 18.2. The third-order valence-electron chi connectivity index (χ3n) is 5.24. The predicted molar refractivity (Wildman–Crippen MR) is 117 cm³/mol. The van der Waals surface area contributed by atoms with E-state index in [1.165, 1.54) is 30.3 Å². The van der Waals surface area contributed by atoms with E-state index in [0.29, 0.717) is 38.2 Å². The smallest absolute Gasteiger partial charge is 0.310 e. The molecular formula is C23H27FN4O4. The largest absolute Gasteiger partial charge is 0.466 e. The van der Waals surface area contributed by atoms with Gasteiger partial charge in [0.2, 0.25) is 5.91 Å². The lowest BCUT2D eigenvalue weighted by Gasteiger charge is -2.32. The molecule has 9 heteroatoms. The number of halogens is 1. The van der Waals surface area contributed by atoms with E-state index in [2.05, 4.69) is 10.3 Å². The summed E-state index contributed by atoms with van der Waals surface area (Å²) in [6, 6.07) is 9.04. The highest BCUT2D eigenvalue weighted by Gasteiger charge is 2.30. The van der Waals surface area contributed by atoms with E-state index in [4.69, 9.17) is 4.74 Å². The molecule has 0 bridgehead atoms. The molecular weight excluding hydrogens is 415 g/mol. The monoisotopic (exact) mass is 442 g/mol. The second-order valence-corrected chi connectivity index (χ2v) is 7.63. The Hall–Kier alpha value is -3.49. The maximum Gasteiger partial charge on any atom is 0.310 e. The molecule has 2 heterocycles. The number of carbonyl (C=O) groups excluding carboxylic acids is 3. The van der Waals surface area contributed by atoms with Crippen LogP contribution in [0.4, 0.5) is 15.9 Å². The van der Waals surface area contributed by atoms with Gasteiger partial charge in [-0.05, 0) is 50.1 Å². The number of anilines is 2. The van der Waals surface area contributed by atoms with Gasteiger partial charge in [-0.2, -0.15) is 0 Å². The highest BCUT2D eigenvalue weighted by atomic mass is 19.1. The molecule has 0 spiro atoms. The third kappa shape index (κ3) is 5.81. The minimum absolute atomic E-state index is 0.136. The zero-order valence-corrected chi connectivity index (χ0v) is 18.2. The number of likely N-dealkylation sites (tertiary alicyclic amines) is 1. The van der Waals surface area contributed by atoms with Crippen LogP contribution in [-0.2, 0) is 14.3 Å². The molecule has 2 amide bonds. The second kappa shape index (κ2) is 10.7. The molecule has 170 valence electrons. The fourth-order valence-corrected chi connectivity index (χ4v) is 3.62. The first-order valence-corrected chi connectivity index (χ1v) is 10.6. The molecule has 0 aliphatic carbocycles. The van der Waals surface area contributed by atoms with Crippen molar-refractivity contribution in [2.75, 3.05) is 38.6 Å². The van der Waals surface area contributed by atoms with Crippen LogP contribution < -0.4 is 5.32 Å². The summed E-state index contributed by atoms with van der Waals surface area (Å²) < 4.78 is 18.6. The Balaban J connectivity index is 1.65. The number of benzene rings is 1. The fourth-order valence-electron chi connectivity index (χ4n) is 3.62. The Kier molecular flexibility index (Phi) is 7.75. The normalized spacial score (nSPS) is 15.7. The Bertz CT molecular complexity index is 984. The van der Waals surface area contributed by atoms with Gasteiger partial charge in [0.1, 0.15) is 11.6 Å². The number of aromatic nitrogens is 1. The summed E-state index contributed by atoms with van der Waals surface area (Å²) in [5.74, 6) is -1.42. The van der Waals surface area contributed by atoms with Crippen LogP contribution in [0.15, 0.2) is 42.6 Å². The number of likely N-dealkylation sites (N-methyl/N-ethyl adjacent to an activating group) is 1. The van der Waals surface area contributed by atoms with E-state index in [9.17, 15) is 18.8 Å². The van der Waals surface area contributed by atoms with Gasteiger partial charge in [-0.1, -0.05) is 6.07 Å². The van der Waals surface area contributed by atoms with Crippen molar-refractivity contribution in [1.82, 2.24) is 14.8 Å². The number of piperidine rings is 1. The summed E-state index contributed by atoms with van der Waals surface area (Å²) in [4.78, 5) is 45.0. The molecule has 1 aromatic heterocycles. The van der Waals surface area contributed by atoms with Crippen molar-refractivity contribution in [2.45, 2.75) is 19.8 Å². The van der Waals surface area contributed by atoms with Gasteiger partial charge in [0.25, 0.3) is 5.91 Å². The van der Waals surface area contributed by atoms with Crippen molar-refractivity contribution in [3.63, 3.8) is 0 Å². The van der Waals surface area contributed by atoms with Crippen LogP contribution in [0.25, 0.3) is 0 Å². The molecule has 0 saturated carbocycles. The quantitative estimate of drug-likeness (QED) is 0.663. The first-order valence-electron chi connectivity index (χ1n) is 10.6. The van der Waals surface area contributed by atoms with Crippen LogP contribution >= 0.6 is 0 Å². The van der Waals surface area contributed by atoms with Gasteiger partial charge in [0, 0.05) is 32.0 Å². The van der Waals surface area contributed by atoms with Crippen molar-refractivity contribution in [1.29, 1.82) is 0 Å². The van der Waals surface area contributed by atoms with E-state index < -0.39 is 11.7 Å². The molecule has 0 radical (unpaired) electrons. The molecule has 32 heavy (non-hydrogen) atoms. The summed E-state index contributed by atoms with van der Waals surface area (Å²) in [6.07, 6.45) is 2.91. The van der Waals surface area contributed by atoms with Gasteiger partial charge in [-0.15, -0.1) is 0 Å². The van der Waals surface area contributed by atoms with Crippen LogP contribution in [0.2, 0.25) is 0 Å². The predicted octanol–water partition coefficient (Wildman–Crippen LogP) is 2.84. The number of rotatable bonds is 7. The average Bonchev–Trinajstić information content (AvgIpc) is 2.79. The standard InChI is InChI=1S/C23H27FN4O4/c1-3-32-23(31)16-7-6-12-28(14-16)20(29)15-27(2)22(30)19-10-5-11-25-21(19)26-18-9-4-8-17(24)13-18/h4-5,8-11,13,16H,3,6-7,12,14-15H2,1-2H3,(H,25,26). The van der Waals surface area contributed by atoms with Crippen LogP contribution in [-0.4, -0.2) is 65.9 Å². The number of amides is 2. The summed E-state index contributed by atoms with van der Waals surface area (Å²) in [5.41, 5.74) is 0.713. The fraction of sp³-hybridized carbons (Fsp3) is 0.391. The van der Waals surface area contributed by atoms with Crippen molar-refractivity contribution in [3.05, 3.63) is 54.0 Å². The third-order valence-corrected chi connectivity index (χ3v) is 5.24. The van der Waals surface area contributed by atoms with E-state index in [1.807, 2.05) is 0 Å². The van der Waals surface area contributed by atoms with Crippen LogP contribution in [0.1, 0.15) is 30.1 Å². The number of carbonyl (C=O) groups is 3. The average molecular weight is 442 g/mol. The lowest BCUT2D eigenvalue weighted by Crippen LogP contribution is -2.47. The number of nitrogens with one attached hydrogen (secondary N) is 1. The molecule has 1 aliphatic heterocycles. The van der Waals surface area contributed by atoms with Gasteiger partial charge in [0.05, 0.1) is 24.6 Å². The Labute approximate surface area is 186 Å². The van der Waals surface area contributed by atoms with Crippen molar-refractivity contribution in [3.8, 4) is 0 Å². The highest BCUT2D eigenvalue weighted by Crippen LogP contribution is 2.21. The maximum atomic E-state index is 13.5. The number of ether oxygens (including phenoxy) is 1. The first kappa shape index (κ1) is 23.2. The van der Waals surface area contributed by atoms with Crippen molar-refractivity contribution >= 4 is 29.3 Å². The first-order chi connectivity index (χ1) is 15.4. The Morgan fingerprint density at radius 3 is 2.84 bits per heavy atom. The molecule has 8 nitrogen and oxygen atoms in total. The van der Waals surface area contributed by atoms with Crippen molar-refractivity contribution in [2.24, 2.45) is 5.92 Å². The molecule has 2 aromatic rings. The van der Waals surface area contributed by atoms with Crippen molar-refractivity contribution < 1.29 is 23.5 Å². The number of pyridine rings is 1. The lowest BCUT2D eigenvalue weighted by molar-refractivity contribution is -0.151. The molecule has 1 aliphatic rings. The number of hydrogen-bond acceptors (Lipinski definition) is 6. The maximum absolute atomic E-state index is 13.5. The minimum Gasteiger partial charge on any atom is -0.466 e. The van der Waals surface area contributed by atoms with Crippen LogP contribution in [0.3, 0.4) is 0 Å². The molecule has 3 rings (SSSR count). The molecule has 1 N–H and O–H groups in total. The highest BCUT2D eigenvalue weighted by molar-refractivity contribution is 6.00. The number of hydrogen-bond donors (Lipinski definition) is 1. The second-order valence-electron chi connectivity index (χ2n) is 7.63. The van der Waals surface area contributed by atoms with Crippen LogP contribution in [0.5, 0.6) is 0 Å². The minimum atomic E-state index is -0.413. The zero-order chi connectivity index (χ0) is 23.1. The topological polar surface area (TPSA) is 91.8 Å². The molecule has 1 atom stereocenters. The van der Waals surface area contributed by atoms with E-state index >= 15 is 0 Å². The summed E-state index contributed by atoms with van der Waals surface area (Å²) in [5, 5.41) is 2.95. The van der Waals surface area contributed by atoms with E-state index in [0.717, 1.165) is 0 Å². The summed E-state index contributed by atoms with van der Waals surface area (Å²) in [6.45, 7) is 2.75. The number of nitrogens with zero attached hydrogens (tertiary/aromatic N) is 3. The molecule has 1 aromatic carbocycles. The molecule has 1 fully saturated rings. The van der Waals surface area contributed by atoms with E-state index in [1.54, 1.807) is 36.1 Å². The Morgan fingerprint density at radius 1 is 1.28 bits per heavy atom. The number of esters is 1. The SMILES string of the molecule is CCOC(=O)C1CCCN(C(=O)CN(C)C(=O)c2cccnc2Nc2cccc(F)c2)C1. The lowest BCUT2D eigenvalue weighted by atomic mass is 9.98. The molecule has 1 unspecified atom stereocenters. The van der Waals surface area contributed by atoms with Gasteiger partial charge >= 0.3 is 5.97 Å². The Morgan fingerprint density at radius 2 is 2.09 bits per heavy atom. The van der Waals surface area contributed by atoms with Crippen LogP contribution in [0, 0.1) is 11.7 Å². The molecule has 1 saturated heterocycles. The van der Waals surface area contributed by atoms with Gasteiger partial charge in [-0.3, -0.25) is 14.4 Å². The van der Waals surface area contributed by atoms with E-state index in [-0.39, 0.29) is 35.7 Å². The van der Waals surface area contributed by atoms with Gasteiger partial charge in [-0.25, -0.2) is 9.37 Å².